The SMILES string of the molecule is FC(F)(F)Oc1cc(Cl)c2[c]occ2c1. The van der Waals surface area contributed by atoms with Crippen LogP contribution in [0.2, 0.25) is 5.02 Å². The van der Waals surface area contributed by atoms with Gasteiger partial charge in [0.05, 0.1) is 16.7 Å². The van der Waals surface area contributed by atoms with Crippen LogP contribution in [0.15, 0.2) is 22.8 Å². The number of rotatable bonds is 1. The number of hydrogen-bond acceptors (Lipinski definition) is 2. The second kappa shape index (κ2) is 3.34. The molecule has 0 bridgehead atoms. The van der Waals surface area contributed by atoms with Crippen LogP contribution >= 0.6 is 11.6 Å². The van der Waals surface area contributed by atoms with E-state index in [4.69, 9.17) is 11.6 Å². The van der Waals surface area contributed by atoms with Crippen LogP contribution in [0.1, 0.15) is 0 Å². The third kappa shape index (κ3) is 2.18. The topological polar surface area (TPSA) is 22.4 Å². The number of benzene rings is 1. The Labute approximate surface area is 87.2 Å². The second-order valence-corrected chi connectivity index (χ2v) is 3.16. The molecule has 15 heavy (non-hydrogen) atoms. The number of halogens is 4. The molecule has 0 aliphatic heterocycles. The molecule has 0 fully saturated rings. The average Bonchev–Trinajstić information content (AvgIpc) is 2.48. The Balaban J connectivity index is 2.45. The van der Waals surface area contributed by atoms with Gasteiger partial charge in [-0.2, -0.15) is 0 Å². The third-order valence-corrected chi connectivity index (χ3v) is 1.97. The Bertz CT molecular complexity index is 490. The molecule has 0 aliphatic carbocycles. The van der Waals surface area contributed by atoms with Crippen molar-refractivity contribution >= 4 is 22.4 Å². The molecular formula is C9H3ClF3O2. The molecule has 1 aromatic carbocycles. The molecule has 0 amide bonds. The molecule has 1 aromatic heterocycles. The van der Waals surface area contributed by atoms with E-state index in [1.807, 2.05) is 0 Å². The van der Waals surface area contributed by atoms with E-state index in [-0.39, 0.29) is 10.8 Å². The van der Waals surface area contributed by atoms with Crippen LogP contribution in [0.3, 0.4) is 0 Å². The highest BCUT2D eigenvalue weighted by Crippen LogP contribution is 2.32. The normalized spacial score (nSPS) is 12.0. The van der Waals surface area contributed by atoms with Gasteiger partial charge in [0.2, 0.25) is 0 Å². The average molecular weight is 236 g/mol. The van der Waals surface area contributed by atoms with E-state index in [0.717, 1.165) is 6.07 Å². The van der Waals surface area contributed by atoms with Crippen molar-refractivity contribution in [2.75, 3.05) is 0 Å². The van der Waals surface area contributed by atoms with E-state index in [0.29, 0.717) is 10.8 Å². The number of ether oxygens (including phenoxy) is 1. The number of hydrogen-bond donors (Lipinski definition) is 0. The van der Waals surface area contributed by atoms with Crippen LogP contribution in [-0.4, -0.2) is 6.36 Å². The van der Waals surface area contributed by atoms with Crippen molar-refractivity contribution in [1.82, 2.24) is 0 Å². The summed E-state index contributed by atoms with van der Waals surface area (Å²) in [5.41, 5.74) is 0. The quantitative estimate of drug-likeness (QED) is 0.750. The van der Waals surface area contributed by atoms with Gasteiger partial charge in [-0.05, 0) is 12.1 Å². The summed E-state index contributed by atoms with van der Waals surface area (Å²) in [7, 11) is 0. The Morgan fingerprint density at radius 3 is 2.73 bits per heavy atom. The minimum Gasteiger partial charge on any atom is -0.460 e. The molecule has 2 rings (SSSR count). The van der Waals surface area contributed by atoms with Crippen molar-refractivity contribution in [3.8, 4) is 5.75 Å². The smallest absolute Gasteiger partial charge is 0.460 e. The van der Waals surface area contributed by atoms with Gasteiger partial charge in [-0.25, -0.2) is 0 Å². The molecule has 0 saturated carbocycles. The lowest BCUT2D eigenvalue weighted by Gasteiger charge is -2.08. The predicted molar refractivity (Wildman–Crippen MR) is 46.7 cm³/mol. The Morgan fingerprint density at radius 2 is 2.07 bits per heavy atom. The highest BCUT2D eigenvalue weighted by atomic mass is 35.5. The first-order valence-electron chi connectivity index (χ1n) is 3.80. The van der Waals surface area contributed by atoms with Crippen LogP contribution in [0.5, 0.6) is 5.75 Å². The first kappa shape index (κ1) is 10.2. The molecule has 2 aromatic rings. The summed E-state index contributed by atoms with van der Waals surface area (Å²) < 4.78 is 44.1. The molecule has 0 N–H and O–H groups in total. The molecule has 0 unspecified atom stereocenters. The van der Waals surface area contributed by atoms with Gasteiger partial charge in [-0.15, -0.1) is 13.2 Å². The molecule has 0 spiro atoms. The van der Waals surface area contributed by atoms with Gasteiger partial charge in [-0.3, -0.25) is 0 Å². The first-order valence-corrected chi connectivity index (χ1v) is 4.18. The number of alkyl halides is 3. The van der Waals surface area contributed by atoms with Gasteiger partial charge >= 0.3 is 6.36 Å². The van der Waals surface area contributed by atoms with Crippen LogP contribution in [0.25, 0.3) is 10.8 Å². The Hall–Kier alpha value is -1.36. The van der Waals surface area contributed by atoms with E-state index in [2.05, 4.69) is 15.4 Å². The largest absolute Gasteiger partial charge is 0.573 e. The lowest BCUT2D eigenvalue weighted by Crippen LogP contribution is -2.17. The Morgan fingerprint density at radius 1 is 1.33 bits per heavy atom. The summed E-state index contributed by atoms with van der Waals surface area (Å²) >= 11 is 5.69. The zero-order valence-corrected chi connectivity index (χ0v) is 7.82. The maximum atomic E-state index is 11.9. The lowest BCUT2D eigenvalue weighted by molar-refractivity contribution is -0.274. The van der Waals surface area contributed by atoms with Crippen molar-refractivity contribution < 1.29 is 22.3 Å². The van der Waals surface area contributed by atoms with Gasteiger partial charge in [0.25, 0.3) is 0 Å². The van der Waals surface area contributed by atoms with Gasteiger partial charge < -0.3 is 9.15 Å². The van der Waals surface area contributed by atoms with E-state index < -0.39 is 6.36 Å². The summed E-state index contributed by atoms with van der Waals surface area (Å²) in [5, 5.41) is 0.924. The lowest BCUT2D eigenvalue weighted by atomic mass is 10.2. The molecule has 0 saturated heterocycles. The van der Waals surface area contributed by atoms with Crippen LogP contribution in [0, 0.1) is 6.26 Å². The molecule has 1 heterocycles. The Kier molecular flexibility index (Phi) is 2.26. The summed E-state index contributed by atoms with van der Waals surface area (Å²) in [4.78, 5) is 0. The van der Waals surface area contributed by atoms with Gasteiger partial charge in [0.1, 0.15) is 5.75 Å². The van der Waals surface area contributed by atoms with E-state index in [1.165, 1.54) is 12.3 Å². The van der Waals surface area contributed by atoms with Crippen LogP contribution in [-0.2, 0) is 0 Å². The molecule has 2 nitrogen and oxygen atoms in total. The predicted octanol–water partition coefficient (Wildman–Crippen LogP) is 3.78. The first-order chi connectivity index (χ1) is 6.96. The number of fused-ring (bicyclic) bond motifs is 1. The highest BCUT2D eigenvalue weighted by Gasteiger charge is 2.31. The molecule has 1 radical (unpaired) electrons. The van der Waals surface area contributed by atoms with Crippen molar-refractivity contribution in [2.45, 2.75) is 6.36 Å². The summed E-state index contributed by atoms with van der Waals surface area (Å²) in [6, 6.07) is 2.23. The fraction of sp³-hybridized carbons (Fsp3) is 0.111. The van der Waals surface area contributed by atoms with Crippen molar-refractivity contribution in [3.63, 3.8) is 0 Å². The zero-order valence-electron chi connectivity index (χ0n) is 7.06. The summed E-state index contributed by atoms with van der Waals surface area (Å²) in [5.74, 6) is -0.380. The van der Waals surface area contributed by atoms with Crippen LogP contribution in [0.4, 0.5) is 13.2 Å². The fourth-order valence-electron chi connectivity index (χ4n) is 1.15. The fourth-order valence-corrected chi connectivity index (χ4v) is 1.40. The van der Waals surface area contributed by atoms with Crippen molar-refractivity contribution in [1.29, 1.82) is 0 Å². The summed E-state index contributed by atoms with van der Waals surface area (Å²) in [6.45, 7) is 0. The van der Waals surface area contributed by atoms with Crippen LogP contribution < -0.4 is 4.74 Å². The van der Waals surface area contributed by atoms with Gasteiger partial charge in [-0.1, -0.05) is 11.6 Å². The third-order valence-electron chi connectivity index (χ3n) is 1.67. The number of furan rings is 1. The molecule has 6 heteroatoms. The standard InChI is InChI=1S/C9H3ClF3O2/c10-8-2-6(15-9(11,12)13)1-5-3-14-4-7(5)8/h1-3H. The van der Waals surface area contributed by atoms with Gasteiger partial charge in [0, 0.05) is 5.39 Å². The molecular weight excluding hydrogens is 233 g/mol. The highest BCUT2D eigenvalue weighted by molar-refractivity contribution is 6.35. The van der Waals surface area contributed by atoms with E-state index >= 15 is 0 Å². The van der Waals surface area contributed by atoms with E-state index in [9.17, 15) is 13.2 Å². The zero-order chi connectivity index (χ0) is 11.1. The van der Waals surface area contributed by atoms with Crippen molar-refractivity contribution in [2.24, 2.45) is 0 Å². The monoisotopic (exact) mass is 235 g/mol. The minimum atomic E-state index is -4.73. The van der Waals surface area contributed by atoms with Gasteiger partial charge in [0.15, 0.2) is 6.26 Å². The van der Waals surface area contributed by atoms with Crippen molar-refractivity contribution in [3.05, 3.63) is 29.7 Å². The van der Waals surface area contributed by atoms with E-state index in [1.54, 1.807) is 0 Å². The minimum absolute atomic E-state index is 0.0977. The summed E-state index contributed by atoms with van der Waals surface area (Å²) in [6.07, 6.45) is -1.06. The second-order valence-electron chi connectivity index (χ2n) is 2.75. The molecule has 0 atom stereocenters. The maximum Gasteiger partial charge on any atom is 0.573 e. The maximum absolute atomic E-state index is 11.9. The molecule has 79 valence electrons. The molecule has 0 aliphatic rings.